The van der Waals surface area contributed by atoms with Crippen molar-refractivity contribution in [2.24, 2.45) is 28.6 Å². The Morgan fingerprint density at radius 3 is 2.00 bits per heavy atom. The third-order valence-corrected chi connectivity index (χ3v) is 14.6. The van der Waals surface area contributed by atoms with E-state index in [0.717, 1.165) is 29.6 Å². The topological polar surface area (TPSA) is 37.3 Å². The lowest BCUT2D eigenvalue weighted by molar-refractivity contribution is -0.148. The molecular weight excluding hydrogens is 432 g/mol. The number of rotatable bonds is 6. The van der Waals surface area contributed by atoms with Gasteiger partial charge in [-0.2, -0.15) is 0 Å². The van der Waals surface area contributed by atoms with Crippen LogP contribution in [-0.2, 0) is 4.79 Å². The van der Waals surface area contributed by atoms with Gasteiger partial charge in [-0.25, -0.2) is 0 Å². The van der Waals surface area contributed by atoms with Gasteiger partial charge in [0, 0.05) is 12.3 Å². The summed E-state index contributed by atoms with van der Waals surface area (Å²) in [6.07, 6.45) is 6.37. The summed E-state index contributed by atoms with van der Waals surface area (Å²) in [5.74, 6) is 1.40. The van der Waals surface area contributed by atoms with E-state index in [9.17, 15) is 9.59 Å². The van der Waals surface area contributed by atoms with Crippen LogP contribution in [0.2, 0.25) is 5.04 Å². The largest absolute Gasteiger partial charge is 0.424 e. The first-order valence-electron chi connectivity index (χ1n) is 13.3. The van der Waals surface area contributed by atoms with Gasteiger partial charge in [0.05, 0.1) is 0 Å². The van der Waals surface area contributed by atoms with Crippen LogP contribution in [0.5, 0.6) is 0 Å². The number of carbonyl (C=O) groups is 1. The fourth-order valence-corrected chi connectivity index (χ4v) is 11.6. The van der Waals surface area contributed by atoms with E-state index < -0.39 is 8.32 Å². The van der Waals surface area contributed by atoms with E-state index in [2.05, 4.69) is 65.8 Å². The van der Waals surface area contributed by atoms with Crippen molar-refractivity contribution >= 4 is 24.5 Å². The zero-order chi connectivity index (χ0) is 24.8. The van der Waals surface area contributed by atoms with Gasteiger partial charge >= 0.3 is 0 Å². The highest BCUT2D eigenvalue weighted by atomic mass is 28.4. The van der Waals surface area contributed by atoms with Crippen molar-refractivity contribution in [2.45, 2.75) is 85.1 Å². The fraction of sp³-hybridized carbons (Fsp3) is 0.581. The van der Waals surface area contributed by atoms with Gasteiger partial charge in [-0.1, -0.05) is 109 Å². The summed E-state index contributed by atoms with van der Waals surface area (Å²) in [6.45, 7) is 14.0. The molecule has 2 saturated carbocycles. The van der Waals surface area contributed by atoms with Gasteiger partial charge in [0.15, 0.2) is 0 Å². The van der Waals surface area contributed by atoms with Crippen LogP contribution < -0.4 is 10.4 Å². The number of carbonyl (C=O) groups excluding carboxylic acids is 1. The van der Waals surface area contributed by atoms with Crippen LogP contribution in [0.3, 0.4) is 0 Å². The average molecular weight is 477 g/mol. The van der Waals surface area contributed by atoms with Crippen LogP contribution in [0.25, 0.3) is 0 Å². The molecule has 2 aliphatic carbocycles. The minimum atomic E-state index is -3.03. The molecule has 0 heterocycles. The molecule has 184 valence electrons. The van der Waals surface area contributed by atoms with Crippen molar-refractivity contribution in [3.05, 3.63) is 60.7 Å². The van der Waals surface area contributed by atoms with Crippen LogP contribution in [0.4, 0.5) is 0 Å². The summed E-state index contributed by atoms with van der Waals surface area (Å²) in [4.78, 5) is 25.8. The van der Waals surface area contributed by atoms with Crippen molar-refractivity contribution in [1.82, 2.24) is 0 Å². The molecule has 2 fully saturated rings. The van der Waals surface area contributed by atoms with E-state index in [1.807, 2.05) is 36.4 Å². The Labute approximate surface area is 208 Å². The van der Waals surface area contributed by atoms with Crippen LogP contribution in [-0.4, -0.2) is 18.9 Å². The van der Waals surface area contributed by atoms with E-state index >= 15 is 0 Å². The van der Waals surface area contributed by atoms with E-state index in [1.54, 1.807) is 0 Å². The van der Waals surface area contributed by atoms with Crippen molar-refractivity contribution in [2.75, 3.05) is 0 Å². The number of Topliss-reactive ketones (excluding diaryl/α,β-unsaturated/α-hetero) is 1. The normalized spacial score (nSPS) is 29.5. The molecule has 0 saturated heterocycles. The number of ketones is 1. The molecule has 2 nitrogen and oxygen atoms in total. The Morgan fingerprint density at radius 1 is 0.941 bits per heavy atom. The summed E-state index contributed by atoms with van der Waals surface area (Å²) in [5, 5.41) is 1.87. The predicted octanol–water partition coefficient (Wildman–Crippen LogP) is 6.36. The first-order chi connectivity index (χ1) is 15.9. The summed E-state index contributed by atoms with van der Waals surface area (Å²) in [5.41, 5.74) is 0.421. The molecular formula is C31H44O2Si. The minimum Gasteiger partial charge on any atom is -0.424 e. The molecule has 0 amide bonds. The van der Waals surface area contributed by atoms with Crippen molar-refractivity contribution in [3.63, 3.8) is 0 Å². The molecule has 2 aliphatic rings. The molecule has 4 rings (SSSR count). The van der Waals surface area contributed by atoms with Crippen LogP contribution in [0.1, 0.15) is 80.1 Å². The summed E-state index contributed by atoms with van der Waals surface area (Å²) >= 11 is 0. The van der Waals surface area contributed by atoms with E-state index in [-0.39, 0.29) is 21.8 Å². The second-order valence-corrected chi connectivity index (χ2v) is 16.8. The molecule has 3 heteroatoms. The lowest BCUT2D eigenvalue weighted by atomic mass is 9.46. The average Bonchev–Trinajstić information content (AvgIpc) is 2.81. The maximum Gasteiger partial charge on any atom is 0.258 e. The Hall–Kier alpha value is -1.71. The highest BCUT2D eigenvalue weighted by Gasteiger charge is 2.57. The van der Waals surface area contributed by atoms with Crippen molar-refractivity contribution < 1.29 is 9.59 Å². The number of hydrogen-bond donors (Lipinski definition) is 1. The Bertz CT molecular complexity index is 957. The Balaban J connectivity index is 1.68. The van der Waals surface area contributed by atoms with Gasteiger partial charge in [0.2, 0.25) is 0 Å². The quantitative estimate of drug-likeness (QED) is 0.493. The van der Waals surface area contributed by atoms with E-state index in [0.29, 0.717) is 17.6 Å². The smallest absolute Gasteiger partial charge is 0.258 e. The third kappa shape index (κ3) is 4.13. The summed E-state index contributed by atoms with van der Waals surface area (Å²) < 4.78 is 0. The first kappa shape index (κ1) is 25.4. The lowest BCUT2D eigenvalue weighted by Crippen LogP contribution is -2.65. The predicted molar refractivity (Wildman–Crippen MR) is 145 cm³/mol. The fourth-order valence-electron chi connectivity index (χ4n) is 7.89. The number of fused-ring (bicyclic) bond motifs is 1. The highest BCUT2D eigenvalue weighted by molar-refractivity contribution is 6.98. The van der Waals surface area contributed by atoms with Gasteiger partial charge in [-0.05, 0) is 63.8 Å². The maximum absolute atomic E-state index is 13.2. The molecule has 0 aliphatic heterocycles. The molecule has 1 N–H and O–H groups in total. The van der Waals surface area contributed by atoms with Crippen LogP contribution >= 0.6 is 0 Å². The molecule has 0 aromatic heterocycles. The molecule has 34 heavy (non-hydrogen) atoms. The third-order valence-electron chi connectivity index (χ3n) is 10.1. The van der Waals surface area contributed by atoms with Crippen molar-refractivity contribution in [1.29, 1.82) is 0 Å². The molecule has 0 spiro atoms. The van der Waals surface area contributed by atoms with Crippen LogP contribution in [0, 0.1) is 28.6 Å². The van der Waals surface area contributed by atoms with Gasteiger partial charge < -0.3 is 4.80 Å². The molecule has 0 radical (unpaired) electrons. The maximum atomic E-state index is 13.2. The first-order valence-corrected chi connectivity index (χ1v) is 15.2. The molecule has 0 bridgehead atoms. The van der Waals surface area contributed by atoms with Crippen molar-refractivity contribution in [3.8, 4) is 0 Å². The monoisotopic (exact) mass is 476 g/mol. The second-order valence-electron chi connectivity index (χ2n) is 12.8. The highest BCUT2D eigenvalue weighted by Crippen LogP contribution is 2.62. The summed E-state index contributed by atoms with van der Waals surface area (Å²) in [7, 11) is -3.03. The van der Waals surface area contributed by atoms with Gasteiger partial charge in [0.1, 0.15) is 5.78 Å². The van der Waals surface area contributed by atoms with E-state index in [1.165, 1.54) is 19.3 Å². The zero-order valence-corrected chi connectivity index (χ0v) is 23.1. The Kier molecular flexibility index (Phi) is 6.76. The summed E-state index contributed by atoms with van der Waals surface area (Å²) in [6, 6.07) is 20.7. The van der Waals surface area contributed by atoms with E-state index in [4.69, 9.17) is 0 Å². The van der Waals surface area contributed by atoms with Gasteiger partial charge in [0.25, 0.3) is 8.32 Å². The standard InChI is InChI=1S/C31H44O2Si/c1-23-26(31(6)20-13-19-29(2,3)28(31)22-27(23)32)18-21-30(4,5)34(33,24-14-9-7-10-15-24)25-16-11-8-12-17-25/h7-12,14-17,23,26,28,33H,13,18-22H2,1-6H3/t23-,26+,28?,31-/m1/s1. The Morgan fingerprint density at radius 2 is 1.47 bits per heavy atom. The molecule has 2 aromatic rings. The van der Waals surface area contributed by atoms with Gasteiger partial charge in [-0.3, -0.25) is 4.79 Å². The lowest BCUT2D eigenvalue weighted by Gasteiger charge is -2.59. The zero-order valence-electron chi connectivity index (χ0n) is 22.1. The minimum absolute atomic E-state index is 0.106. The van der Waals surface area contributed by atoms with Gasteiger partial charge in [-0.15, -0.1) is 0 Å². The van der Waals surface area contributed by atoms with Crippen LogP contribution in [0.15, 0.2) is 60.7 Å². The number of hydrogen-bond acceptors (Lipinski definition) is 2. The second kappa shape index (κ2) is 9.06. The SMILES string of the molecule is C[C@H]1C(=O)CC2C(C)(C)CCC[C@]2(C)[C@H]1CCC(C)(C)[Si](O)(c1ccccc1)c1ccccc1. The molecule has 4 atom stereocenters. The molecule has 1 unspecified atom stereocenters. The molecule has 2 aromatic carbocycles. The number of benzene rings is 2.